The lowest BCUT2D eigenvalue weighted by Gasteiger charge is -2.15. The van der Waals surface area contributed by atoms with Gasteiger partial charge in [0.15, 0.2) is 0 Å². The van der Waals surface area contributed by atoms with Crippen molar-refractivity contribution in [3.05, 3.63) is 42.6 Å². The van der Waals surface area contributed by atoms with Crippen molar-refractivity contribution in [2.45, 2.75) is 45.7 Å². The molecule has 1 aromatic carbocycles. The predicted molar refractivity (Wildman–Crippen MR) is 86.0 cm³/mol. The van der Waals surface area contributed by atoms with Gasteiger partial charge in [0.1, 0.15) is 0 Å². The number of para-hydroxylation sites is 1. The third-order valence-electron chi connectivity index (χ3n) is 3.61. The Morgan fingerprint density at radius 1 is 1.35 bits per heavy atom. The topological polar surface area (TPSA) is 29.9 Å². The van der Waals surface area contributed by atoms with Crippen molar-refractivity contribution in [2.24, 2.45) is 0 Å². The first-order valence-electron chi connectivity index (χ1n) is 7.58. The van der Waals surface area contributed by atoms with Crippen LogP contribution in [0.1, 0.15) is 32.4 Å². The van der Waals surface area contributed by atoms with E-state index in [0.29, 0.717) is 6.04 Å². The summed E-state index contributed by atoms with van der Waals surface area (Å²) in [6.07, 6.45) is 5.08. The highest BCUT2D eigenvalue weighted by atomic mass is 15.3. The molecular weight excluding hydrogens is 246 g/mol. The van der Waals surface area contributed by atoms with Crippen molar-refractivity contribution >= 4 is 10.9 Å². The summed E-state index contributed by atoms with van der Waals surface area (Å²) in [5.41, 5.74) is 2.43. The number of nitrogens with one attached hydrogen (secondary N) is 1. The molecule has 0 saturated heterocycles. The molecule has 0 radical (unpaired) electrons. The fourth-order valence-electron chi connectivity index (χ4n) is 2.61. The molecule has 0 bridgehead atoms. The number of hydrogen-bond acceptors (Lipinski definition) is 2. The maximum absolute atomic E-state index is 4.78. The Hall–Kier alpha value is -1.61. The summed E-state index contributed by atoms with van der Waals surface area (Å²) in [5, 5.41) is 9.65. The minimum Gasteiger partial charge on any atom is -0.313 e. The second-order valence-electron chi connectivity index (χ2n) is 5.16. The quantitative estimate of drug-likeness (QED) is 0.744. The van der Waals surface area contributed by atoms with Crippen molar-refractivity contribution in [1.82, 2.24) is 15.1 Å². The molecule has 1 aromatic heterocycles. The Morgan fingerprint density at radius 3 is 2.85 bits per heavy atom. The second-order valence-corrected chi connectivity index (χ2v) is 5.16. The summed E-state index contributed by atoms with van der Waals surface area (Å²) in [6.45, 7) is 10.2. The molecule has 0 fully saturated rings. The zero-order valence-corrected chi connectivity index (χ0v) is 12.6. The molecule has 0 aliphatic rings. The number of rotatable bonds is 8. The van der Waals surface area contributed by atoms with Gasteiger partial charge >= 0.3 is 0 Å². The Kier molecular flexibility index (Phi) is 5.36. The van der Waals surface area contributed by atoms with Gasteiger partial charge in [-0.05, 0) is 32.4 Å². The van der Waals surface area contributed by atoms with Crippen molar-refractivity contribution in [1.29, 1.82) is 0 Å². The molecule has 0 amide bonds. The first-order valence-corrected chi connectivity index (χ1v) is 7.58. The number of fused-ring (bicyclic) bond motifs is 1. The average Bonchev–Trinajstić information content (AvgIpc) is 2.83. The van der Waals surface area contributed by atoms with Gasteiger partial charge in [-0.25, -0.2) is 0 Å². The maximum Gasteiger partial charge on any atom is 0.0718 e. The van der Waals surface area contributed by atoms with E-state index in [9.17, 15) is 0 Å². The zero-order valence-electron chi connectivity index (χ0n) is 12.6. The predicted octanol–water partition coefficient (Wildman–Crippen LogP) is 3.54. The van der Waals surface area contributed by atoms with Crippen LogP contribution in [0.5, 0.6) is 0 Å². The van der Waals surface area contributed by atoms with Crippen LogP contribution in [0.3, 0.4) is 0 Å². The van der Waals surface area contributed by atoms with E-state index in [-0.39, 0.29) is 0 Å². The molecule has 20 heavy (non-hydrogen) atoms. The van der Waals surface area contributed by atoms with E-state index >= 15 is 0 Å². The summed E-state index contributed by atoms with van der Waals surface area (Å²) >= 11 is 0. The molecule has 0 saturated carbocycles. The van der Waals surface area contributed by atoms with E-state index in [0.717, 1.165) is 32.4 Å². The van der Waals surface area contributed by atoms with Crippen LogP contribution in [0, 0.1) is 0 Å². The van der Waals surface area contributed by atoms with Gasteiger partial charge in [0.05, 0.1) is 11.2 Å². The second kappa shape index (κ2) is 7.25. The Morgan fingerprint density at radius 2 is 2.15 bits per heavy atom. The molecule has 2 aromatic rings. The van der Waals surface area contributed by atoms with Crippen LogP contribution in [0.4, 0.5) is 0 Å². The summed E-state index contributed by atoms with van der Waals surface area (Å²) in [6, 6.07) is 8.92. The smallest absolute Gasteiger partial charge is 0.0718 e. The fraction of sp³-hybridized carbons (Fsp3) is 0.471. The summed E-state index contributed by atoms with van der Waals surface area (Å²) in [5.74, 6) is 0. The summed E-state index contributed by atoms with van der Waals surface area (Å²) in [4.78, 5) is 0. The highest BCUT2D eigenvalue weighted by molar-refractivity contribution is 5.82. The van der Waals surface area contributed by atoms with Crippen LogP contribution in [0.15, 0.2) is 36.9 Å². The van der Waals surface area contributed by atoms with E-state index in [1.165, 1.54) is 16.6 Å². The highest BCUT2D eigenvalue weighted by Gasteiger charge is 2.14. The van der Waals surface area contributed by atoms with Gasteiger partial charge in [-0.15, -0.1) is 6.58 Å². The Balaban J connectivity index is 2.24. The lowest BCUT2D eigenvalue weighted by Crippen LogP contribution is -2.31. The molecule has 1 heterocycles. The van der Waals surface area contributed by atoms with Gasteiger partial charge in [0.2, 0.25) is 0 Å². The van der Waals surface area contributed by atoms with Gasteiger partial charge in [-0.2, -0.15) is 5.10 Å². The van der Waals surface area contributed by atoms with Gasteiger partial charge in [-0.1, -0.05) is 31.2 Å². The molecule has 0 aliphatic heterocycles. The largest absolute Gasteiger partial charge is 0.313 e. The zero-order chi connectivity index (χ0) is 14.4. The summed E-state index contributed by atoms with van der Waals surface area (Å²) < 4.78 is 2.09. The highest BCUT2D eigenvalue weighted by Crippen LogP contribution is 2.20. The molecule has 108 valence electrons. The lowest BCUT2D eigenvalue weighted by atomic mass is 10.0. The van der Waals surface area contributed by atoms with Crippen LogP contribution in [-0.4, -0.2) is 22.4 Å². The number of aryl methyl sites for hydroxylation is 1. The average molecular weight is 271 g/mol. The lowest BCUT2D eigenvalue weighted by molar-refractivity contribution is 0.504. The van der Waals surface area contributed by atoms with Crippen molar-refractivity contribution < 1.29 is 0 Å². The molecule has 1 unspecified atom stereocenters. The normalized spacial score (nSPS) is 12.7. The van der Waals surface area contributed by atoms with Crippen LogP contribution in [0.25, 0.3) is 10.9 Å². The Labute approximate surface area is 121 Å². The van der Waals surface area contributed by atoms with E-state index < -0.39 is 0 Å². The SMILES string of the molecule is C=CCC(Cc1nn(CC)c2ccccc12)NCCC. The molecule has 0 aliphatic carbocycles. The van der Waals surface area contributed by atoms with Gasteiger partial charge in [0, 0.05) is 24.4 Å². The third-order valence-corrected chi connectivity index (χ3v) is 3.61. The molecule has 3 nitrogen and oxygen atoms in total. The number of aromatic nitrogens is 2. The molecule has 1 N–H and O–H groups in total. The first kappa shape index (κ1) is 14.8. The van der Waals surface area contributed by atoms with E-state index in [2.05, 4.69) is 54.7 Å². The molecule has 2 rings (SSSR count). The van der Waals surface area contributed by atoms with Crippen molar-refractivity contribution in [3.8, 4) is 0 Å². The first-order chi connectivity index (χ1) is 9.80. The fourth-order valence-corrected chi connectivity index (χ4v) is 2.61. The standard InChI is InChI=1S/C17H25N3/c1-4-9-14(18-12-5-2)13-16-15-10-7-8-11-17(15)20(6-3)19-16/h4,7-8,10-11,14,18H,1,5-6,9,12-13H2,2-3H3. The molecule has 0 spiro atoms. The van der Waals surface area contributed by atoms with E-state index in [1.54, 1.807) is 0 Å². The van der Waals surface area contributed by atoms with Crippen LogP contribution >= 0.6 is 0 Å². The molecule has 3 heteroatoms. The third kappa shape index (κ3) is 3.28. The van der Waals surface area contributed by atoms with Gasteiger partial charge in [-0.3, -0.25) is 4.68 Å². The van der Waals surface area contributed by atoms with Crippen LogP contribution in [0.2, 0.25) is 0 Å². The van der Waals surface area contributed by atoms with Crippen molar-refractivity contribution in [2.75, 3.05) is 6.54 Å². The molecular formula is C17H25N3. The van der Waals surface area contributed by atoms with Crippen LogP contribution < -0.4 is 5.32 Å². The monoisotopic (exact) mass is 271 g/mol. The molecule has 1 atom stereocenters. The van der Waals surface area contributed by atoms with Crippen LogP contribution in [-0.2, 0) is 13.0 Å². The van der Waals surface area contributed by atoms with Crippen molar-refractivity contribution in [3.63, 3.8) is 0 Å². The minimum absolute atomic E-state index is 0.427. The van der Waals surface area contributed by atoms with Gasteiger partial charge in [0.25, 0.3) is 0 Å². The maximum atomic E-state index is 4.78. The summed E-state index contributed by atoms with van der Waals surface area (Å²) in [7, 11) is 0. The van der Waals surface area contributed by atoms with E-state index in [4.69, 9.17) is 5.10 Å². The van der Waals surface area contributed by atoms with Gasteiger partial charge < -0.3 is 5.32 Å². The number of hydrogen-bond donors (Lipinski definition) is 1. The van der Waals surface area contributed by atoms with E-state index in [1.807, 2.05) is 6.08 Å². The number of nitrogens with zero attached hydrogens (tertiary/aromatic N) is 2. The minimum atomic E-state index is 0.427. The Bertz CT molecular complexity index is 556. The number of benzene rings is 1.